The minimum atomic E-state index is -0.167. The summed E-state index contributed by atoms with van der Waals surface area (Å²) in [5.74, 6) is 0.509. The Morgan fingerprint density at radius 3 is 2.79 bits per heavy atom. The summed E-state index contributed by atoms with van der Waals surface area (Å²) in [5, 5.41) is 7.31. The van der Waals surface area contributed by atoms with Crippen LogP contribution in [0.3, 0.4) is 0 Å². The van der Waals surface area contributed by atoms with E-state index in [0.717, 1.165) is 24.1 Å². The number of benzene rings is 1. The van der Waals surface area contributed by atoms with Gasteiger partial charge in [0.1, 0.15) is 12.0 Å². The summed E-state index contributed by atoms with van der Waals surface area (Å²) in [6, 6.07) is 10.2. The molecule has 4 rings (SSSR count). The highest BCUT2D eigenvalue weighted by atomic mass is 16.4. The Morgan fingerprint density at radius 1 is 1.21 bits per heavy atom. The first-order valence-electron chi connectivity index (χ1n) is 8.47. The normalized spacial score (nSPS) is 15.7. The van der Waals surface area contributed by atoms with Crippen LogP contribution in [-0.4, -0.2) is 26.5 Å². The topological polar surface area (TPSA) is 72.4 Å². The van der Waals surface area contributed by atoms with Gasteiger partial charge in [0.2, 0.25) is 5.76 Å². The lowest BCUT2D eigenvalue weighted by Crippen LogP contribution is -2.36. The maximum Gasteiger partial charge on any atom is 0.325 e. The third kappa shape index (κ3) is 2.91. The van der Waals surface area contributed by atoms with E-state index in [1.807, 2.05) is 30.3 Å². The van der Waals surface area contributed by atoms with Crippen LogP contribution in [0.25, 0.3) is 5.84 Å². The number of carbonyl (C=O) groups excluding carboxylic acids is 1. The van der Waals surface area contributed by atoms with Crippen molar-refractivity contribution in [3.63, 3.8) is 0 Å². The number of aromatic nitrogens is 3. The molecule has 0 aliphatic heterocycles. The monoisotopic (exact) mass is 324 g/mol. The Bertz CT molecular complexity index is 831. The minimum Gasteiger partial charge on any atom is -0.416 e. The van der Waals surface area contributed by atoms with E-state index in [0.29, 0.717) is 18.0 Å². The van der Waals surface area contributed by atoms with Crippen LogP contribution in [0, 0.1) is 0 Å². The number of carbonyl (C=O) groups is 1. The first kappa shape index (κ1) is 14.9. The molecule has 0 unspecified atom stereocenters. The van der Waals surface area contributed by atoms with Crippen molar-refractivity contribution in [1.29, 1.82) is 0 Å². The standard InChI is InChI=1S/C18H20N4O2/c23-17(21-14-9-5-2-6-10-14)16-15(11-13-7-3-1-4-8-13)22-18(24-16)19-12-20-22/h1,3-4,7-8,12,14H,2,5-6,9-11H2,(H,21,23). The number of amides is 1. The average Bonchev–Trinajstić information content (AvgIpc) is 3.19. The molecule has 0 bridgehead atoms. The first-order chi connectivity index (χ1) is 11.8. The number of oxazole rings is 1. The summed E-state index contributed by atoms with van der Waals surface area (Å²) in [6.45, 7) is 0. The Hall–Kier alpha value is -2.63. The van der Waals surface area contributed by atoms with E-state index in [9.17, 15) is 4.79 Å². The largest absolute Gasteiger partial charge is 0.416 e. The van der Waals surface area contributed by atoms with Gasteiger partial charge in [-0.15, -0.1) is 0 Å². The molecule has 1 aliphatic rings. The highest BCUT2D eigenvalue weighted by Crippen LogP contribution is 2.21. The van der Waals surface area contributed by atoms with Gasteiger partial charge in [-0.05, 0) is 18.4 Å². The lowest BCUT2D eigenvalue weighted by Gasteiger charge is -2.22. The van der Waals surface area contributed by atoms with Crippen LogP contribution in [0.2, 0.25) is 0 Å². The lowest BCUT2D eigenvalue weighted by molar-refractivity contribution is 0.0900. The number of nitrogens with one attached hydrogen (secondary N) is 1. The maximum absolute atomic E-state index is 12.7. The van der Waals surface area contributed by atoms with Crippen LogP contribution in [0.5, 0.6) is 0 Å². The Balaban J connectivity index is 1.63. The average molecular weight is 324 g/mol. The fourth-order valence-corrected chi connectivity index (χ4v) is 3.35. The summed E-state index contributed by atoms with van der Waals surface area (Å²) < 4.78 is 7.31. The van der Waals surface area contributed by atoms with Gasteiger partial charge in [0.25, 0.3) is 5.91 Å². The molecular weight excluding hydrogens is 304 g/mol. The van der Waals surface area contributed by atoms with Crippen LogP contribution in [-0.2, 0) is 6.42 Å². The molecule has 1 amide bonds. The van der Waals surface area contributed by atoms with E-state index in [1.54, 1.807) is 4.52 Å². The molecule has 0 radical (unpaired) electrons. The van der Waals surface area contributed by atoms with E-state index in [-0.39, 0.29) is 11.9 Å². The molecule has 0 spiro atoms. The zero-order valence-electron chi connectivity index (χ0n) is 13.4. The number of rotatable bonds is 4. The zero-order valence-corrected chi connectivity index (χ0v) is 13.4. The molecule has 6 nitrogen and oxygen atoms in total. The van der Waals surface area contributed by atoms with Gasteiger partial charge in [0, 0.05) is 12.5 Å². The maximum atomic E-state index is 12.7. The van der Waals surface area contributed by atoms with Gasteiger partial charge < -0.3 is 9.73 Å². The molecule has 6 heteroatoms. The summed E-state index contributed by atoms with van der Waals surface area (Å²) in [5.41, 5.74) is 1.84. The van der Waals surface area contributed by atoms with E-state index in [1.165, 1.54) is 25.6 Å². The van der Waals surface area contributed by atoms with Gasteiger partial charge in [-0.25, -0.2) is 0 Å². The second kappa shape index (κ2) is 6.47. The predicted octanol–water partition coefficient (Wildman–Crippen LogP) is 2.98. The van der Waals surface area contributed by atoms with Gasteiger partial charge in [-0.1, -0.05) is 49.6 Å². The van der Waals surface area contributed by atoms with E-state index >= 15 is 0 Å². The van der Waals surface area contributed by atoms with Crippen molar-refractivity contribution < 1.29 is 9.21 Å². The summed E-state index contributed by atoms with van der Waals surface area (Å²) in [4.78, 5) is 16.8. The molecule has 1 saturated carbocycles. The predicted molar refractivity (Wildman–Crippen MR) is 88.8 cm³/mol. The van der Waals surface area contributed by atoms with Crippen molar-refractivity contribution in [1.82, 2.24) is 19.9 Å². The molecule has 0 atom stereocenters. The van der Waals surface area contributed by atoms with Crippen molar-refractivity contribution in [3.8, 4) is 0 Å². The quantitative estimate of drug-likeness (QED) is 0.801. The van der Waals surface area contributed by atoms with Gasteiger partial charge >= 0.3 is 5.84 Å². The van der Waals surface area contributed by atoms with E-state index in [4.69, 9.17) is 4.42 Å². The van der Waals surface area contributed by atoms with Crippen molar-refractivity contribution in [2.24, 2.45) is 0 Å². The Labute approximate surface area is 139 Å². The van der Waals surface area contributed by atoms with Crippen molar-refractivity contribution in [2.45, 2.75) is 44.6 Å². The number of fused-ring (bicyclic) bond motifs is 1. The van der Waals surface area contributed by atoms with Crippen molar-refractivity contribution in [3.05, 3.63) is 53.7 Å². The van der Waals surface area contributed by atoms with Crippen molar-refractivity contribution >= 4 is 11.8 Å². The summed E-state index contributed by atoms with van der Waals surface area (Å²) in [7, 11) is 0. The molecule has 1 aliphatic carbocycles. The second-order valence-corrected chi connectivity index (χ2v) is 6.30. The fraction of sp³-hybridized carbons (Fsp3) is 0.389. The molecule has 2 aromatic heterocycles. The van der Waals surface area contributed by atoms with Crippen LogP contribution in [0.1, 0.15) is 53.9 Å². The van der Waals surface area contributed by atoms with Crippen molar-refractivity contribution in [2.75, 3.05) is 0 Å². The van der Waals surface area contributed by atoms with Crippen LogP contribution < -0.4 is 5.32 Å². The molecule has 1 fully saturated rings. The zero-order chi connectivity index (χ0) is 16.4. The highest BCUT2D eigenvalue weighted by Gasteiger charge is 2.25. The van der Waals surface area contributed by atoms with E-state index < -0.39 is 0 Å². The highest BCUT2D eigenvalue weighted by molar-refractivity contribution is 5.93. The molecule has 3 aromatic rings. The third-order valence-electron chi connectivity index (χ3n) is 4.59. The van der Waals surface area contributed by atoms with Gasteiger partial charge in [-0.3, -0.25) is 4.79 Å². The molecule has 0 saturated heterocycles. The Kier molecular flexibility index (Phi) is 4.02. The molecule has 24 heavy (non-hydrogen) atoms. The minimum absolute atomic E-state index is 0.167. The molecule has 1 aromatic carbocycles. The molecule has 124 valence electrons. The van der Waals surface area contributed by atoms with Crippen LogP contribution >= 0.6 is 0 Å². The van der Waals surface area contributed by atoms with Crippen LogP contribution in [0.4, 0.5) is 0 Å². The van der Waals surface area contributed by atoms with Gasteiger partial charge in [0.15, 0.2) is 0 Å². The lowest BCUT2D eigenvalue weighted by atomic mass is 9.95. The third-order valence-corrected chi connectivity index (χ3v) is 4.59. The molecule has 1 N–H and O–H groups in total. The number of hydrogen-bond donors (Lipinski definition) is 1. The smallest absolute Gasteiger partial charge is 0.325 e. The molecular formula is C18H20N4O2. The number of hydrogen-bond acceptors (Lipinski definition) is 4. The SMILES string of the molecule is O=C(NC1CCCCC1)c1oc2ncnn2c1Cc1ccccc1. The second-order valence-electron chi connectivity index (χ2n) is 6.30. The van der Waals surface area contributed by atoms with E-state index in [2.05, 4.69) is 15.4 Å². The Morgan fingerprint density at radius 2 is 2.00 bits per heavy atom. The molecule has 2 heterocycles. The first-order valence-corrected chi connectivity index (χ1v) is 8.47. The van der Waals surface area contributed by atoms with Gasteiger partial charge in [0.05, 0.1) is 0 Å². The van der Waals surface area contributed by atoms with Gasteiger partial charge in [-0.2, -0.15) is 14.6 Å². The van der Waals surface area contributed by atoms with Crippen LogP contribution in [0.15, 0.2) is 41.1 Å². The fourth-order valence-electron chi connectivity index (χ4n) is 3.35. The summed E-state index contributed by atoms with van der Waals surface area (Å²) >= 11 is 0. The summed E-state index contributed by atoms with van der Waals surface area (Å²) in [6.07, 6.45) is 7.69. The number of nitrogens with zero attached hydrogens (tertiary/aromatic N) is 3.